The summed E-state index contributed by atoms with van der Waals surface area (Å²) in [6.45, 7) is 2.65. The van der Waals surface area contributed by atoms with Crippen LogP contribution in [0.15, 0.2) is 29.6 Å². The maximum Gasteiger partial charge on any atom is 0.225 e. The molecular formula is C18H22FN3OS. The summed E-state index contributed by atoms with van der Waals surface area (Å²) in [5.74, 6) is 0.161. The zero-order valence-corrected chi connectivity index (χ0v) is 14.9. The summed E-state index contributed by atoms with van der Waals surface area (Å²) in [6.07, 6.45) is 1.82. The third-order valence-corrected chi connectivity index (χ3v) is 5.35. The van der Waals surface area contributed by atoms with Gasteiger partial charge in [-0.05, 0) is 50.2 Å². The monoisotopic (exact) mass is 347 g/mol. The molecule has 24 heavy (non-hydrogen) atoms. The molecule has 0 atom stereocenters. The van der Waals surface area contributed by atoms with E-state index in [4.69, 9.17) is 0 Å². The average Bonchev–Trinajstić information content (AvgIpc) is 3.04. The van der Waals surface area contributed by atoms with Crippen molar-refractivity contribution in [2.45, 2.75) is 19.4 Å². The Morgan fingerprint density at radius 2 is 1.96 bits per heavy atom. The van der Waals surface area contributed by atoms with Crippen molar-refractivity contribution in [1.29, 1.82) is 0 Å². The molecule has 4 nitrogen and oxygen atoms in total. The van der Waals surface area contributed by atoms with Crippen LogP contribution in [0, 0.1) is 11.7 Å². The van der Waals surface area contributed by atoms with Crippen LogP contribution in [-0.2, 0) is 11.3 Å². The molecule has 128 valence electrons. The van der Waals surface area contributed by atoms with Gasteiger partial charge in [0.1, 0.15) is 10.8 Å². The van der Waals surface area contributed by atoms with Crippen molar-refractivity contribution in [3.8, 4) is 10.6 Å². The zero-order valence-electron chi connectivity index (χ0n) is 14.0. The van der Waals surface area contributed by atoms with Crippen LogP contribution in [0.2, 0.25) is 0 Å². The van der Waals surface area contributed by atoms with Gasteiger partial charge >= 0.3 is 0 Å². The van der Waals surface area contributed by atoms with E-state index >= 15 is 0 Å². The number of halogens is 1. The van der Waals surface area contributed by atoms with Crippen molar-refractivity contribution >= 4 is 17.2 Å². The van der Waals surface area contributed by atoms with Gasteiger partial charge < -0.3 is 4.90 Å². The van der Waals surface area contributed by atoms with E-state index in [9.17, 15) is 9.18 Å². The summed E-state index contributed by atoms with van der Waals surface area (Å²) in [4.78, 5) is 20.7. The predicted octanol–water partition coefficient (Wildman–Crippen LogP) is 3.25. The number of carbonyl (C=O) groups is 1. The number of thiazole rings is 1. The van der Waals surface area contributed by atoms with Gasteiger partial charge in [0.05, 0.1) is 5.69 Å². The molecule has 0 radical (unpaired) electrons. The molecule has 1 fully saturated rings. The smallest absolute Gasteiger partial charge is 0.225 e. The highest BCUT2D eigenvalue weighted by atomic mass is 32.1. The first-order valence-electron chi connectivity index (χ1n) is 8.17. The molecule has 1 aromatic carbocycles. The van der Waals surface area contributed by atoms with E-state index in [1.807, 2.05) is 14.1 Å². The van der Waals surface area contributed by atoms with Gasteiger partial charge in [0.15, 0.2) is 0 Å². The van der Waals surface area contributed by atoms with E-state index in [2.05, 4.69) is 15.3 Å². The largest absolute Gasteiger partial charge is 0.349 e. The molecule has 0 bridgehead atoms. The number of hydrogen-bond acceptors (Lipinski definition) is 4. The van der Waals surface area contributed by atoms with E-state index in [0.29, 0.717) is 0 Å². The Labute approximate surface area is 145 Å². The second-order valence-corrected chi connectivity index (χ2v) is 7.29. The molecule has 0 N–H and O–H groups in total. The quantitative estimate of drug-likeness (QED) is 0.852. The topological polar surface area (TPSA) is 36.4 Å². The van der Waals surface area contributed by atoms with E-state index in [-0.39, 0.29) is 17.6 Å². The summed E-state index contributed by atoms with van der Waals surface area (Å²) in [5.41, 5.74) is 1.99. The Bertz CT molecular complexity index is 691. The first-order valence-corrected chi connectivity index (χ1v) is 9.05. The lowest BCUT2D eigenvalue weighted by Gasteiger charge is -2.31. The minimum atomic E-state index is -0.231. The number of hydrogen-bond donors (Lipinski definition) is 0. The minimum Gasteiger partial charge on any atom is -0.349 e. The number of carbonyl (C=O) groups excluding carboxylic acids is 1. The van der Waals surface area contributed by atoms with Gasteiger partial charge in [-0.2, -0.15) is 0 Å². The lowest BCUT2D eigenvalue weighted by atomic mass is 9.95. The summed E-state index contributed by atoms with van der Waals surface area (Å²) in [6, 6.07) is 6.44. The van der Waals surface area contributed by atoms with E-state index in [1.54, 1.807) is 28.4 Å². The molecular weight excluding hydrogens is 325 g/mol. The van der Waals surface area contributed by atoms with Gasteiger partial charge in [-0.3, -0.25) is 9.69 Å². The Morgan fingerprint density at radius 1 is 1.29 bits per heavy atom. The second kappa shape index (κ2) is 7.40. The van der Waals surface area contributed by atoms with E-state index < -0.39 is 0 Å². The number of aromatic nitrogens is 1. The molecule has 1 aromatic heterocycles. The standard InChI is InChI=1S/C18H22FN3OS/c1-21(2)18(23)14-7-9-22(10-8-14)11-16-12-24-17(20-16)13-3-5-15(19)6-4-13/h3-6,12,14H,7-11H2,1-2H3. The SMILES string of the molecule is CN(C)C(=O)C1CCN(Cc2csc(-c3ccc(F)cc3)n2)CC1. The molecule has 0 saturated carbocycles. The average molecular weight is 347 g/mol. The van der Waals surface area contributed by atoms with Crippen LogP contribution in [0.25, 0.3) is 10.6 Å². The zero-order chi connectivity index (χ0) is 17.1. The molecule has 2 aromatic rings. The fraction of sp³-hybridized carbons (Fsp3) is 0.444. The molecule has 0 aliphatic carbocycles. The molecule has 2 heterocycles. The van der Waals surface area contributed by atoms with Crippen molar-refractivity contribution in [3.05, 3.63) is 41.2 Å². The molecule has 0 spiro atoms. The first-order chi connectivity index (χ1) is 11.5. The fourth-order valence-corrected chi connectivity index (χ4v) is 3.85. The molecule has 1 aliphatic rings. The molecule has 6 heteroatoms. The van der Waals surface area contributed by atoms with Crippen LogP contribution < -0.4 is 0 Å². The van der Waals surface area contributed by atoms with Crippen molar-refractivity contribution in [1.82, 2.24) is 14.8 Å². The highest BCUT2D eigenvalue weighted by Crippen LogP contribution is 2.26. The molecule has 0 unspecified atom stereocenters. The molecule has 1 saturated heterocycles. The first kappa shape index (κ1) is 17.0. The Morgan fingerprint density at radius 3 is 2.58 bits per heavy atom. The van der Waals surface area contributed by atoms with Gasteiger partial charge in [0.2, 0.25) is 5.91 Å². The van der Waals surface area contributed by atoms with E-state index in [0.717, 1.165) is 48.7 Å². The van der Waals surface area contributed by atoms with Crippen molar-refractivity contribution < 1.29 is 9.18 Å². The van der Waals surface area contributed by atoms with Crippen LogP contribution in [0.4, 0.5) is 4.39 Å². The Balaban J connectivity index is 1.56. The van der Waals surface area contributed by atoms with Crippen LogP contribution >= 0.6 is 11.3 Å². The molecule has 1 amide bonds. The molecule has 1 aliphatic heterocycles. The number of rotatable bonds is 4. The molecule has 3 rings (SSSR count). The number of likely N-dealkylation sites (tertiary alicyclic amines) is 1. The van der Waals surface area contributed by atoms with Gasteiger partial charge in [-0.25, -0.2) is 9.37 Å². The summed E-state index contributed by atoms with van der Waals surface area (Å²) < 4.78 is 13.0. The van der Waals surface area contributed by atoms with Gasteiger partial charge in [-0.1, -0.05) is 0 Å². The third-order valence-electron chi connectivity index (χ3n) is 4.41. The number of amides is 1. The summed E-state index contributed by atoms with van der Waals surface area (Å²) in [7, 11) is 3.64. The Kier molecular flexibility index (Phi) is 5.26. The minimum absolute atomic E-state index is 0.154. The second-order valence-electron chi connectivity index (χ2n) is 6.43. The highest BCUT2D eigenvalue weighted by Gasteiger charge is 2.26. The van der Waals surface area contributed by atoms with Crippen LogP contribution in [-0.4, -0.2) is 47.9 Å². The lowest BCUT2D eigenvalue weighted by molar-refractivity contribution is -0.134. The number of benzene rings is 1. The summed E-state index contributed by atoms with van der Waals surface area (Å²) >= 11 is 1.59. The Hall–Kier alpha value is -1.79. The number of piperidine rings is 1. The maximum absolute atomic E-state index is 13.0. The van der Waals surface area contributed by atoms with Crippen LogP contribution in [0.1, 0.15) is 18.5 Å². The van der Waals surface area contributed by atoms with Crippen LogP contribution in [0.5, 0.6) is 0 Å². The summed E-state index contributed by atoms with van der Waals surface area (Å²) in [5, 5.41) is 2.98. The van der Waals surface area contributed by atoms with Crippen molar-refractivity contribution in [2.24, 2.45) is 5.92 Å². The highest BCUT2D eigenvalue weighted by molar-refractivity contribution is 7.13. The van der Waals surface area contributed by atoms with Gasteiger partial charge in [-0.15, -0.1) is 11.3 Å². The number of nitrogens with zero attached hydrogens (tertiary/aromatic N) is 3. The van der Waals surface area contributed by atoms with Crippen LogP contribution in [0.3, 0.4) is 0 Å². The van der Waals surface area contributed by atoms with Gasteiger partial charge in [0.25, 0.3) is 0 Å². The van der Waals surface area contributed by atoms with Crippen molar-refractivity contribution in [3.63, 3.8) is 0 Å². The predicted molar refractivity (Wildman–Crippen MR) is 94.2 cm³/mol. The fourth-order valence-electron chi connectivity index (χ4n) is 3.04. The maximum atomic E-state index is 13.0. The lowest BCUT2D eigenvalue weighted by Crippen LogP contribution is -2.39. The van der Waals surface area contributed by atoms with Crippen molar-refractivity contribution in [2.75, 3.05) is 27.2 Å². The van der Waals surface area contributed by atoms with E-state index in [1.165, 1.54) is 12.1 Å². The third kappa shape index (κ3) is 3.99. The normalized spacial score (nSPS) is 16.3. The van der Waals surface area contributed by atoms with Gasteiger partial charge in [0, 0.05) is 37.5 Å².